The van der Waals surface area contributed by atoms with Crippen LogP contribution in [0.15, 0.2) is 60.7 Å². The molecule has 0 N–H and O–H groups in total. The lowest BCUT2D eigenvalue weighted by Gasteiger charge is -2.46. The molecule has 1 fully saturated rings. The predicted molar refractivity (Wildman–Crippen MR) is 102 cm³/mol. The lowest BCUT2D eigenvalue weighted by atomic mass is 9.95. The Morgan fingerprint density at radius 2 is 1.42 bits per heavy atom. The van der Waals surface area contributed by atoms with Crippen molar-refractivity contribution < 1.29 is 0 Å². The van der Waals surface area contributed by atoms with E-state index in [1.807, 2.05) is 0 Å². The van der Waals surface area contributed by atoms with Crippen LogP contribution in [0.3, 0.4) is 0 Å². The third kappa shape index (κ3) is 3.71. The van der Waals surface area contributed by atoms with Gasteiger partial charge in [0.15, 0.2) is 0 Å². The second-order valence-electron chi connectivity index (χ2n) is 7.11. The molecule has 2 nitrogen and oxygen atoms in total. The number of piperazine rings is 1. The first-order valence-corrected chi connectivity index (χ1v) is 9.30. The Hall–Kier alpha value is -1.64. The first kappa shape index (κ1) is 17.2. The van der Waals surface area contributed by atoms with Gasteiger partial charge in [-0.05, 0) is 31.4 Å². The quantitative estimate of drug-likeness (QED) is 0.795. The SMILES string of the molecule is CC[C@@H]1CN(C(c2ccccc2)c2ccccc2)CCN1C(C)C. The molecular formula is C22H30N2. The summed E-state index contributed by atoms with van der Waals surface area (Å²) in [6.45, 7) is 10.4. The second kappa shape index (κ2) is 7.96. The van der Waals surface area contributed by atoms with Gasteiger partial charge in [-0.3, -0.25) is 9.80 Å². The van der Waals surface area contributed by atoms with E-state index in [4.69, 9.17) is 0 Å². The van der Waals surface area contributed by atoms with Gasteiger partial charge in [-0.15, -0.1) is 0 Å². The van der Waals surface area contributed by atoms with Crippen LogP contribution in [0.5, 0.6) is 0 Å². The molecule has 1 aliphatic heterocycles. The number of rotatable bonds is 5. The van der Waals surface area contributed by atoms with E-state index in [-0.39, 0.29) is 0 Å². The zero-order valence-corrected chi connectivity index (χ0v) is 15.2. The average Bonchev–Trinajstić information content (AvgIpc) is 2.63. The first-order valence-electron chi connectivity index (χ1n) is 9.30. The highest BCUT2D eigenvalue weighted by atomic mass is 15.3. The Balaban J connectivity index is 1.90. The normalized spacial score (nSPS) is 20.0. The zero-order valence-electron chi connectivity index (χ0n) is 15.2. The van der Waals surface area contributed by atoms with Crippen molar-refractivity contribution >= 4 is 0 Å². The minimum absolute atomic E-state index is 0.357. The lowest BCUT2D eigenvalue weighted by Crippen LogP contribution is -2.55. The van der Waals surface area contributed by atoms with Crippen molar-refractivity contribution in [3.8, 4) is 0 Å². The lowest BCUT2D eigenvalue weighted by molar-refractivity contribution is 0.0350. The van der Waals surface area contributed by atoms with E-state index in [1.165, 1.54) is 17.5 Å². The van der Waals surface area contributed by atoms with Gasteiger partial charge in [0.25, 0.3) is 0 Å². The van der Waals surface area contributed by atoms with Gasteiger partial charge in [0.05, 0.1) is 6.04 Å². The van der Waals surface area contributed by atoms with Crippen molar-refractivity contribution in [1.82, 2.24) is 9.80 Å². The Kier molecular flexibility index (Phi) is 5.70. The second-order valence-corrected chi connectivity index (χ2v) is 7.11. The largest absolute Gasteiger partial charge is 0.295 e. The molecule has 2 heteroatoms. The fourth-order valence-corrected chi connectivity index (χ4v) is 4.06. The summed E-state index contributed by atoms with van der Waals surface area (Å²) >= 11 is 0. The van der Waals surface area contributed by atoms with Crippen LogP contribution in [-0.2, 0) is 0 Å². The summed E-state index contributed by atoms with van der Waals surface area (Å²) < 4.78 is 0. The molecule has 0 amide bonds. The minimum atomic E-state index is 0.357. The smallest absolute Gasteiger partial charge is 0.0602 e. The third-order valence-corrected chi connectivity index (χ3v) is 5.29. The zero-order chi connectivity index (χ0) is 16.9. The molecule has 1 atom stereocenters. The molecule has 128 valence electrons. The van der Waals surface area contributed by atoms with Crippen LogP contribution < -0.4 is 0 Å². The molecule has 0 unspecified atom stereocenters. The van der Waals surface area contributed by atoms with E-state index in [0.29, 0.717) is 18.1 Å². The molecule has 1 heterocycles. The summed E-state index contributed by atoms with van der Waals surface area (Å²) in [7, 11) is 0. The fourth-order valence-electron chi connectivity index (χ4n) is 4.06. The van der Waals surface area contributed by atoms with Gasteiger partial charge >= 0.3 is 0 Å². The maximum Gasteiger partial charge on any atom is 0.0602 e. The first-order chi connectivity index (χ1) is 11.7. The van der Waals surface area contributed by atoms with Crippen molar-refractivity contribution in [2.24, 2.45) is 0 Å². The number of benzene rings is 2. The van der Waals surface area contributed by atoms with Gasteiger partial charge in [-0.1, -0.05) is 67.6 Å². The maximum atomic E-state index is 2.68. The molecule has 0 radical (unpaired) electrons. The summed E-state index contributed by atoms with van der Waals surface area (Å²) in [5, 5.41) is 0. The van der Waals surface area contributed by atoms with Crippen molar-refractivity contribution in [3.05, 3.63) is 71.8 Å². The number of hydrogen-bond acceptors (Lipinski definition) is 2. The minimum Gasteiger partial charge on any atom is -0.295 e. The highest BCUT2D eigenvalue weighted by Gasteiger charge is 2.32. The van der Waals surface area contributed by atoms with Crippen LogP contribution in [-0.4, -0.2) is 41.5 Å². The maximum absolute atomic E-state index is 2.68. The highest BCUT2D eigenvalue weighted by Crippen LogP contribution is 2.31. The number of hydrogen-bond donors (Lipinski definition) is 0. The Labute approximate surface area is 147 Å². The van der Waals surface area contributed by atoms with Crippen LogP contribution in [0.4, 0.5) is 0 Å². The summed E-state index contributed by atoms with van der Waals surface area (Å²) in [5.74, 6) is 0. The topological polar surface area (TPSA) is 6.48 Å². The molecule has 2 aromatic carbocycles. The molecule has 24 heavy (non-hydrogen) atoms. The molecule has 1 aliphatic rings. The number of nitrogens with zero attached hydrogens (tertiary/aromatic N) is 2. The van der Waals surface area contributed by atoms with Crippen LogP contribution in [0.1, 0.15) is 44.4 Å². The van der Waals surface area contributed by atoms with Crippen molar-refractivity contribution in [1.29, 1.82) is 0 Å². The Bertz CT molecular complexity index is 569. The summed E-state index contributed by atoms with van der Waals surface area (Å²) in [5.41, 5.74) is 2.80. The molecular weight excluding hydrogens is 292 g/mol. The summed E-state index contributed by atoms with van der Waals surface area (Å²) in [4.78, 5) is 5.35. The molecule has 0 saturated carbocycles. The van der Waals surface area contributed by atoms with Crippen LogP contribution in [0.2, 0.25) is 0 Å². The standard InChI is InChI=1S/C22H30N2/c1-4-21-17-23(15-16-24(21)18(2)3)22(19-11-7-5-8-12-19)20-13-9-6-10-14-20/h5-14,18,21-22H,4,15-17H2,1-3H3/t21-/m1/s1. The molecule has 2 aromatic rings. The summed E-state index contributed by atoms with van der Waals surface area (Å²) in [6, 6.07) is 23.6. The van der Waals surface area contributed by atoms with Crippen molar-refractivity contribution in [3.63, 3.8) is 0 Å². The molecule has 0 bridgehead atoms. The van der Waals surface area contributed by atoms with Crippen LogP contribution in [0.25, 0.3) is 0 Å². The van der Waals surface area contributed by atoms with Gasteiger partial charge in [-0.25, -0.2) is 0 Å². The van der Waals surface area contributed by atoms with Gasteiger partial charge in [0, 0.05) is 31.7 Å². The van der Waals surface area contributed by atoms with Gasteiger partial charge in [0.1, 0.15) is 0 Å². The molecule has 0 spiro atoms. The van der Waals surface area contributed by atoms with E-state index >= 15 is 0 Å². The Morgan fingerprint density at radius 1 is 0.875 bits per heavy atom. The summed E-state index contributed by atoms with van der Waals surface area (Å²) in [6.07, 6.45) is 1.21. The van der Waals surface area contributed by atoms with Gasteiger partial charge in [-0.2, -0.15) is 0 Å². The highest BCUT2D eigenvalue weighted by molar-refractivity contribution is 5.32. The fraction of sp³-hybridized carbons (Fsp3) is 0.455. The Morgan fingerprint density at radius 3 is 1.88 bits per heavy atom. The van der Waals surface area contributed by atoms with E-state index in [1.54, 1.807) is 0 Å². The predicted octanol–water partition coefficient (Wildman–Crippen LogP) is 4.58. The van der Waals surface area contributed by atoms with Crippen LogP contribution >= 0.6 is 0 Å². The third-order valence-electron chi connectivity index (χ3n) is 5.29. The van der Waals surface area contributed by atoms with E-state index in [2.05, 4.69) is 91.2 Å². The van der Waals surface area contributed by atoms with E-state index in [0.717, 1.165) is 19.6 Å². The van der Waals surface area contributed by atoms with Crippen molar-refractivity contribution in [2.45, 2.75) is 45.3 Å². The van der Waals surface area contributed by atoms with Crippen molar-refractivity contribution in [2.75, 3.05) is 19.6 Å². The molecule has 0 aliphatic carbocycles. The average molecular weight is 322 g/mol. The monoisotopic (exact) mass is 322 g/mol. The molecule has 1 saturated heterocycles. The molecule has 0 aromatic heterocycles. The molecule has 3 rings (SSSR count). The van der Waals surface area contributed by atoms with E-state index in [9.17, 15) is 0 Å². The van der Waals surface area contributed by atoms with Crippen LogP contribution in [0, 0.1) is 0 Å². The van der Waals surface area contributed by atoms with E-state index < -0.39 is 0 Å². The van der Waals surface area contributed by atoms with Gasteiger partial charge < -0.3 is 0 Å². The van der Waals surface area contributed by atoms with Gasteiger partial charge in [0.2, 0.25) is 0 Å².